The SMILES string of the molecule is CCNCc1cc(S(=O)(=O)N(C)C2CCOC2)c[nH]1. The molecule has 0 aliphatic carbocycles. The second-order valence-corrected chi connectivity index (χ2v) is 6.68. The molecular formula is C12H21N3O3S. The summed E-state index contributed by atoms with van der Waals surface area (Å²) in [6, 6.07) is 1.63. The number of rotatable bonds is 6. The van der Waals surface area contributed by atoms with E-state index in [2.05, 4.69) is 10.3 Å². The summed E-state index contributed by atoms with van der Waals surface area (Å²) in [6.45, 7) is 4.60. The molecule has 0 saturated carbocycles. The number of nitrogens with one attached hydrogen (secondary N) is 2. The van der Waals surface area contributed by atoms with Gasteiger partial charge in [-0.25, -0.2) is 8.42 Å². The molecule has 108 valence electrons. The van der Waals surface area contributed by atoms with Crippen molar-refractivity contribution in [3.63, 3.8) is 0 Å². The normalized spacial score (nSPS) is 20.3. The molecule has 6 nitrogen and oxygen atoms in total. The van der Waals surface area contributed by atoms with Crippen LogP contribution in [0.15, 0.2) is 17.2 Å². The monoisotopic (exact) mass is 287 g/mol. The van der Waals surface area contributed by atoms with Gasteiger partial charge >= 0.3 is 0 Å². The van der Waals surface area contributed by atoms with Gasteiger partial charge in [-0.15, -0.1) is 0 Å². The van der Waals surface area contributed by atoms with Gasteiger partial charge in [-0.2, -0.15) is 4.31 Å². The first-order valence-electron chi connectivity index (χ1n) is 6.49. The highest BCUT2D eigenvalue weighted by atomic mass is 32.2. The molecule has 1 fully saturated rings. The van der Waals surface area contributed by atoms with Crippen LogP contribution in [0.2, 0.25) is 0 Å². The van der Waals surface area contributed by atoms with Crippen LogP contribution in [0.5, 0.6) is 0 Å². The number of H-pyrrole nitrogens is 1. The van der Waals surface area contributed by atoms with Crippen LogP contribution >= 0.6 is 0 Å². The molecule has 2 rings (SSSR count). The maximum Gasteiger partial charge on any atom is 0.244 e. The van der Waals surface area contributed by atoms with Gasteiger partial charge in [0.15, 0.2) is 0 Å². The highest BCUT2D eigenvalue weighted by Gasteiger charge is 2.31. The van der Waals surface area contributed by atoms with Crippen LogP contribution in [0.4, 0.5) is 0 Å². The zero-order chi connectivity index (χ0) is 13.9. The molecule has 0 amide bonds. The lowest BCUT2D eigenvalue weighted by atomic mass is 10.3. The van der Waals surface area contributed by atoms with Gasteiger partial charge in [-0.1, -0.05) is 6.92 Å². The van der Waals surface area contributed by atoms with E-state index in [0.29, 0.717) is 24.7 Å². The Morgan fingerprint density at radius 3 is 3.00 bits per heavy atom. The molecule has 19 heavy (non-hydrogen) atoms. The van der Waals surface area contributed by atoms with Gasteiger partial charge in [0.1, 0.15) is 0 Å². The standard InChI is InChI=1S/C12H21N3O3S/c1-3-13-7-10-6-12(8-14-10)19(16,17)15(2)11-4-5-18-9-11/h6,8,11,13-14H,3-5,7,9H2,1-2H3. The number of likely N-dealkylation sites (N-methyl/N-ethyl adjacent to an activating group) is 1. The van der Waals surface area contributed by atoms with Crippen LogP contribution in [0.1, 0.15) is 19.0 Å². The third-order valence-corrected chi connectivity index (χ3v) is 5.27. The second-order valence-electron chi connectivity index (χ2n) is 4.68. The second kappa shape index (κ2) is 6.04. The van der Waals surface area contributed by atoms with Crippen LogP contribution in [0.25, 0.3) is 0 Å². The van der Waals surface area contributed by atoms with Crippen LogP contribution < -0.4 is 5.32 Å². The van der Waals surface area contributed by atoms with Crippen molar-refractivity contribution < 1.29 is 13.2 Å². The average molecular weight is 287 g/mol. The fourth-order valence-electron chi connectivity index (χ4n) is 2.10. The topological polar surface area (TPSA) is 74.4 Å². The number of hydrogen-bond donors (Lipinski definition) is 2. The minimum Gasteiger partial charge on any atom is -0.380 e. The summed E-state index contributed by atoms with van der Waals surface area (Å²) in [5, 5.41) is 3.15. The Kier molecular flexibility index (Phi) is 4.62. The minimum atomic E-state index is -3.43. The summed E-state index contributed by atoms with van der Waals surface area (Å²) in [6.07, 6.45) is 2.30. The number of hydrogen-bond acceptors (Lipinski definition) is 4. The predicted molar refractivity (Wildman–Crippen MR) is 72.3 cm³/mol. The number of sulfonamides is 1. The van der Waals surface area contributed by atoms with Crippen molar-refractivity contribution in [3.8, 4) is 0 Å². The molecule has 1 aliphatic rings. The van der Waals surface area contributed by atoms with Crippen molar-refractivity contribution in [2.45, 2.75) is 30.8 Å². The molecule has 1 aliphatic heterocycles. The summed E-state index contributed by atoms with van der Waals surface area (Å²) in [4.78, 5) is 3.31. The highest BCUT2D eigenvalue weighted by Crippen LogP contribution is 2.21. The summed E-state index contributed by atoms with van der Waals surface area (Å²) in [7, 11) is -1.82. The third kappa shape index (κ3) is 3.17. The van der Waals surface area contributed by atoms with Gasteiger partial charge in [-0.3, -0.25) is 0 Å². The number of nitrogens with zero attached hydrogens (tertiary/aromatic N) is 1. The average Bonchev–Trinajstić information content (AvgIpc) is 3.06. The van der Waals surface area contributed by atoms with E-state index in [9.17, 15) is 8.42 Å². The molecule has 1 saturated heterocycles. The van der Waals surface area contributed by atoms with Gasteiger partial charge in [0.2, 0.25) is 10.0 Å². The molecule has 2 N–H and O–H groups in total. The molecule has 1 aromatic rings. The molecule has 0 spiro atoms. The smallest absolute Gasteiger partial charge is 0.244 e. The maximum absolute atomic E-state index is 12.4. The van der Waals surface area contributed by atoms with Crippen molar-refractivity contribution in [2.75, 3.05) is 26.8 Å². The zero-order valence-corrected chi connectivity index (χ0v) is 12.2. The van der Waals surface area contributed by atoms with Crippen LogP contribution in [0, 0.1) is 0 Å². The lowest BCUT2D eigenvalue weighted by Gasteiger charge is -2.21. The lowest BCUT2D eigenvalue weighted by Crippen LogP contribution is -2.37. The first-order chi connectivity index (χ1) is 9.05. The molecule has 0 bridgehead atoms. The van der Waals surface area contributed by atoms with Crippen molar-refractivity contribution in [1.82, 2.24) is 14.6 Å². The Balaban J connectivity index is 2.12. The first-order valence-corrected chi connectivity index (χ1v) is 7.93. The Bertz CT molecular complexity index is 506. The van der Waals surface area contributed by atoms with Crippen molar-refractivity contribution in [1.29, 1.82) is 0 Å². The Morgan fingerprint density at radius 2 is 2.37 bits per heavy atom. The number of ether oxygens (including phenoxy) is 1. The molecule has 2 heterocycles. The molecule has 7 heteroatoms. The van der Waals surface area contributed by atoms with Crippen LogP contribution in [-0.2, 0) is 21.3 Å². The largest absolute Gasteiger partial charge is 0.380 e. The third-order valence-electron chi connectivity index (χ3n) is 3.38. The maximum atomic E-state index is 12.4. The van der Waals surface area contributed by atoms with Crippen molar-refractivity contribution in [2.24, 2.45) is 0 Å². The van der Waals surface area contributed by atoms with Crippen LogP contribution in [-0.4, -0.2) is 50.6 Å². The van der Waals surface area contributed by atoms with E-state index in [-0.39, 0.29) is 6.04 Å². The van der Waals surface area contributed by atoms with Crippen LogP contribution in [0.3, 0.4) is 0 Å². The van der Waals surface area contributed by atoms with Crippen molar-refractivity contribution in [3.05, 3.63) is 18.0 Å². The summed E-state index contributed by atoms with van der Waals surface area (Å²) >= 11 is 0. The molecular weight excluding hydrogens is 266 g/mol. The fourth-order valence-corrected chi connectivity index (χ4v) is 3.49. The zero-order valence-electron chi connectivity index (χ0n) is 11.3. The molecule has 1 unspecified atom stereocenters. The van der Waals surface area contributed by atoms with E-state index in [1.807, 2.05) is 6.92 Å². The number of aromatic nitrogens is 1. The van der Waals surface area contributed by atoms with E-state index >= 15 is 0 Å². The predicted octanol–water partition coefficient (Wildman–Crippen LogP) is 0.534. The van der Waals surface area contributed by atoms with Gasteiger partial charge in [0.05, 0.1) is 17.5 Å². The summed E-state index contributed by atoms with van der Waals surface area (Å²) in [5.41, 5.74) is 0.872. The molecule has 1 aromatic heterocycles. The Labute approximate surface area is 114 Å². The highest BCUT2D eigenvalue weighted by molar-refractivity contribution is 7.89. The van der Waals surface area contributed by atoms with E-state index in [1.54, 1.807) is 19.3 Å². The van der Waals surface area contributed by atoms with E-state index in [1.165, 1.54) is 4.31 Å². The van der Waals surface area contributed by atoms with Crippen molar-refractivity contribution >= 4 is 10.0 Å². The fraction of sp³-hybridized carbons (Fsp3) is 0.667. The van der Waals surface area contributed by atoms with Gasteiger partial charge in [0.25, 0.3) is 0 Å². The van der Waals surface area contributed by atoms with E-state index in [4.69, 9.17) is 4.74 Å². The molecule has 0 aromatic carbocycles. The van der Waals surface area contributed by atoms with Gasteiger partial charge in [-0.05, 0) is 19.0 Å². The van der Waals surface area contributed by atoms with E-state index in [0.717, 1.165) is 18.7 Å². The number of aromatic amines is 1. The van der Waals surface area contributed by atoms with E-state index < -0.39 is 10.0 Å². The lowest BCUT2D eigenvalue weighted by molar-refractivity contribution is 0.181. The van der Waals surface area contributed by atoms with Gasteiger partial charge in [0, 0.05) is 32.1 Å². The minimum absolute atomic E-state index is 0.0582. The Hall–Kier alpha value is -0.890. The Morgan fingerprint density at radius 1 is 1.58 bits per heavy atom. The molecule has 1 atom stereocenters. The quantitative estimate of drug-likeness (QED) is 0.800. The van der Waals surface area contributed by atoms with Gasteiger partial charge < -0.3 is 15.0 Å². The first kappa shape index (κ1) is 14.5. The molecule has 0 radical (unpaired) electrons. The summed E-state index contributed by atoms with van der Waals surface area (Å²) in [5.74, 6) is 0. The summed E-state index contributed by atoms with van der Waals surface area (Å²) < 4.78 is 31.5.